The number of carbonyl (C=O) groups excluding carboxylic acids is 2. The van der Waals surface area contributed by atoms with Crippen molar-refractivity contribution in [3.63, 3.8) is 0 Å². The Kier molecular flexibility index (Phi) is 5.47. The Morgan fingerprint density at radius 3 is 2.67 bits per heavy atom. The molecule has 1 atom stereocenters. The highest BCUT2D eigenvalue weighted by molar-refractivity contribution is 7.20. The van der Waals surface area contributed by atoms with Crippen molar-refractivity contribution in [2.24, 2.45) is 0 Å². The number of thiophene rings is 1. The van der Waals surface area contributed by atoms with Crippen LogP contribution in [-0.4, -0.2) is 35.5 Å². The third kappa shape index (κ3) is 3.67. The van der Waals surface area contributed by atoms with Crippen molar-refractivity contribution >= 4 is 33.3 Å². The Morgan fingerprint density at radius 2 is 2.04 bits per heavy atom. The molecule has 0 bridgehead atoms. The molecule has 7 heteroatoms. The van der Waals surface area contributed by atoms with Gasteiger partial charge in [-0.1, -0.05) is 25.3 Å². The molecular weight excluding hydrogens is 367 g/mol. The van der Waals surface area contributed by atoms with Gasteiger partial charge in [0.2, 0.25) is 0 Å². The van der Waals surface area contributed by atoms with Gasteiger partial charge in [0.15, 0.2) is 6.10 Å². The van der Waals surface area contributed by atoms with E-state index in [0.29, 0.717) is 22.9 Å². The van der Waals surface area contributed by atoms with E-state index in [2.05, 4.69) is 6.07 Å². The van der Waals surface area contributed by atoms with Crippen LogP contribution in [0.2, 0.25) is 0 Å². The number of halogens is 1. The number of rotatable bonds is 4. The summed E-state index contributed by atoms with van der Waals surface area (Å²) in [7, 11) is 1.59. The first-order valence-electron chi connectivity index (χ1n) is 8.96. The molecule has 27 heavy (non-hydrogen) atoms. The maximum Gasteiger partial charge on any atom is 0.349 e. The summed E-state index contributed by atoms with van der Waals surface area (Å²) >= 11 is 1.12. The van der Waals surface area contributed by atoms with Gasteiger partial charge in [-0.25, -0.2) is 9.18 Å². The van der Waals surface area contributed by atoms with Crippen molar-refractivity contribution in [1.29, 1.82) is 5.26 Å². The van der Waals surface area contributed by atoms with Crippen molar-refractivity contribution in [2.45, 2.75) is 50.7 Å². The van der Waals surface area contributed by atoms with E-state index in [4.69, 9.17) is 4.74 Å². The smallest absolute Gasteiger partial charge is 0.349 e. The molecule has 1 fully saturated rings. The minimum Gasteiger partial charge on any atom is -0.448 e. The lowest BCUT2D eigenvalue weighted by Crippen LogP contribution is -2.53. The SMILES string of the molecule is C[C@H](OC(=O)c1cc2c(F)cccc2s1)C(=O)N(C)C1(C#N)CCCCC1. The zero-order chi connectivity index (χ0) is 19.6. The first kappa shape index (κ1) is 19.3. The van der Waals surface area contributed by atoms with Gasteiger partial charge in [0.25, 0.3) is 5.91 Å². The summed E-state index contributed by atoms with van der Waals surface area (Å²) < 4.78 is 19.8. The highest BCUT2D eigenvalue weighted by Crippen LogP contribution is 2.33. The third-order valence-corrected chi connectivity index (χ3v) is 6.28. The number of nitrogens with zero attached hydrogens (tertiary/aromatic N) is 2. The summed E-state index contributed by atoms with van der Waals surface area (Å²) in [5.41, 5.74) is -0.837. The van der Waals surface area contributed by atoms with Crippen molar-refractivity contribution in [2.75, 3.05) is 7.05 Å². The quantitative estimate of drug-likeness (QED) is 0.734. The molecule has 0 saturated heterocycles. The lowest BCUT2D eigenvalue weighted by Gasteiger charge is -2.39. The van der Waals surface area contributed by atoms with Gasteiger partial charge in [-0.3, -0.25) is 4.79 Å². The number of nitriles is 1. The van der Waals surface area contributed by atoms with Crippen molar-refractivity contribution in [1.82, 2.24) is 4.90 Å². The maximum atomic E-state index is 13.8. The summed E-state index contributed by atoms with van der Waals surface area (Å²) in [5.74, 6) is -1.47. The molecule has 5 nitrogen and oxygen atoms in total. The Labute approximate surface area is 161 Å². The highest BCUT2D eigenvalue weighted by atomic mass is 32.1. The predicted molar refractivity (Wildman–Crippen MR) is 101 cm³/mol. The molecule has 1 aliphatic carbocycles. The number of fused-ring (bicyclic) bond motifs is 1. The molecule has 1 aliphatic rings. The fraction of sp³-hybridized carbons (Fsp3) is 0.450. The summed E-state index contributed by atoms with van der Waals surface area (Å²) in [6, 6.07) is 8.36. The van der Waals surface area contributed by atoms with Gasteiger partial charge in [0.1, 0.15) is 16.2 Å². The lowest BCUT2D eigenvalue weighted by atomic mass is 9.81. The average Bonchev–Trinajstić information content (AvgIpc) is 3.13. The Hall–Kier alpha value is -2.46. The topological polar surface area (TPSA) is 70.4 Å². The van der Waals surface area contributed by atoms with E-state index in [1.807, 2.05) is 0 Å². The number of hydrogen-bond acceptors (Lipinski definition) is 5. The van der Waals surface area contributed by atoms with Gasteiger partial charge in [-0.2, -0.15) is 5.26 Å². The normalized spacial score (nSPS) is 17.1. The first-order chi connectivity index (χ1) is 12.9. The van der Waals surface area contributed by atoms with Crippen LogP contribution < -0.4 is 0 Å². The van der Waals surface area contributed by atoms with Crippen molar-refractivity contribution < 1.29 is 18.7 Å². The standard InChI is InChI=1S/C20H21FN2O3S/c1-13(18(24)23(2)20(12-22)9-4-3-5-10-20)26-19(25)17-11-14-15(21)7-6-8-16(14)27-17/h6-8,11,13H,3-5,9-10H2,1-2H3/t13-/m0/s1. The van der Waals surface area contributed by atoms with Crippen molar-refractivity contribution in [3.05, 3.63) is 35.0 Å². The van der Waals surface area contributed by atoms with Crippen molar-refractivity contribution in [3.8, 4) is 6.07 Å². The zero-order valence-electron chi connectivity index (χ0n) is 15.3. The van der Waals surface area contributed by atoms with Crippen LogP contribution in [0.5, 0.6) is 0 Å². The summed E-state index contributed by atoms with van der Waals surface area (Å²) in [6.07, 6.45) is 3.08. The van der Waals surface area contributed by atoms with E-state index in [1.165, 1.54) is 24.0 Å². The van der Waals surface area contributed by atoms with E-state index >= 15 is 0 Å². The summed E-state index contributed by atoms with van der Waals surface area (Å²) in [5, 5.41) is 9.98. The average molecular weight is 388 g/mol. The lowest BCUT2D eigenvalue weighted by molar-refractivity contribution is -0.143. The molecule has 142 valence electrons. The molecular formula is C20H21FN2O3S. The molecule has 0 aliphatic heterocycles. The predicted octanol–water partition coefficient (Wildman–Crippen LogP) is 4.27. The third-order valence-electron chi connectivity index (χ3n) is 5.20. The number of esters is 1. The van der Waals surface area contributed by atoms with Gasteiger partial charge in [0.05, 0.1) is 6.07 Å². The molecule has 1 aromatic heterocycles. The van der Waals surface area contributed by atoms with Crippen LogP contribution in [0.25, 0.3) is 10.1 Å². The van der Waals surface area contributed by atoms with E-state index in [-0.39, 0.29) is 4.88 Å². The van der Waals surface area contributed by atoms with Crippen LogP contribution in [-0.2, 0) is 9.53 Å². The Balaban J connectivity index is 1.72. The Morgan fingerprint density at radius 1 is 1.33 bits per heavy atom. The minimum absolute atomic E-state index is 0.241. The first-order valence-corrected chi connectivity index (χ1v) is 9.77. The molecule has 0 spiro atoms. The molecule has 1 heterocycles. The molecule has 0 radical (unpaired) electrons. The summed E-state index contributed by atoms with van der Waals surface area (Å²) in [6.45, 7) is 1.50. The van der Waals surface area contributed by atoms with Gasteiger partial charge >= 0.3 is 5.97 Å². The summed E-state index contributed by atoms with van der Waals surface area (Å²) in [4.78, 5) is 26.8. The number of ether oxygens (including phenoxy) is 1. The van der Waals surface area contributed by atoms with Crippen LogP contribution >= 0.6 is 11.3 Å². The molecule has 2 aromatic rings. The van der Waals surface area contributed by atoms with E-state index < -0.39 is 29.3 Å². The van der Waals surface area contributed by atoms with Crippen LogP contribution in [0.15, 0.2) is 24.3 Å². The van der Waals surface area contributed by atoms with E-state index in [0.717, 1.165) is 30.6 Å². The van der Waals surface area contributed by atoms with Gasteiger partial charge < -0.3 is 9.64 Å². The van der Waals surface area contributed by atoms with Crippen LogP contribution in [0.4, 0.5) is 4.39 Å². The maximum absolute atomic E-state index is 13.8. The minimum atomic E-state index is -1.02. The van der Waals surface area contributed by atoms with Gasteiger partial charge in [-0.15, -0.1) is 11.3 Å². The molecule has 3 rings (SSSR count). The Bertz CT molecular complexity index is 912. The van der Waals surface area contributed by atoms with Crippen LogP contribution in [0.3, 0.4) is 0 Å². The highest BCUT2D eigenvalue weighted by Gasteiger charge is 2.40. The molecule has 1 amide bonds. The number of likely N-dealkylation sites (N-methyl/N-ethyl adjacent to an activating group) is 1. The van der Waals surface area contributed by atoms with E-state index in [1.54, 1.807) is 19.2 Å². The fourth-order valence-corrected chi connectivity index (χ4v) is 4.50. The number of carbonyl (C=O) groups is 2. The van der Waals surface area contributed by atoms with E-state index in [9.17, 15) is 19.2 Å². The molecule has 0 unspecified atom stereocenters. The second-order valence-electron chi connectivity index (χ2n) is 6.91. The number of hydrogen-bond donors (Lipinski definition) is 0. The second-order valence-corrected chi connectivity index (χ2v) is 7.99. The monoisotopic (exact) mass is 388 g/mol. The zero-order valence-corrected chi connectivity index (χ0v) is 16.1. The van der Waals surface area contributed by atoms with Crippen LogP contribution in [0.1, 0.15) is 48.7 Å². The molecule has 0 N–H and O–H groups in total. The largest absolute Gasteiger partial charge is 0.448 e. The van der Waals surface area contributed by atoms with Crippen LogP contribution in [0, 0.1) is 17.1 Å². The second kappa shape index (κ2) is 7.65. The van der Waals surface area contributed by atoms with Gasteiger partial charge in [0, 0.05) is 17.1 Å². The van der Waals surface area contributed by atoms with Gasteiger partial charge in [-0.05, 0) is 38.0 Å². The molecule has 1 aromatic carbocycles. The number of amides is 1. The number of benzene rings is 1. The fourth-order valence-electron chi connectivity index (χ4n) is 3.54. The molecule has 1 saturated carbocycles.